The maximum atomic E-state index is 11.7. The van der Waals surface area contributed by atoms with E-state index in [0.29, 0.717) is 5.75 Å². The van der Waals surface area contributed by atoms with E-state index in [1.54, 1.807) is 18.1 Å². The number of amides is 1. The number of hydrogen-bond acceptors (Lipinski definition) is 5. The molecule has 3 aromatic rings. The number of carbonyl (C=O) groups excluding carboxylic acids is 1. The van der Waals surface area contributed by atoms with Crippen molar-refractivity contribution in [2.45, 2.75) is 19.4 Å². The largest absolute Gasteiger partial charge is 0.481 e. The SMILES string of the molecule is CN1C(=O)COc2cc(Nc3cc4c(cn3)ncn4CC3CC3)ccc21. The third-order valence-electron chi connectivity index (χ3n) is 4.98. The van der Waals surface area contributed by atoms with E-state index in [0.717, 1.165) is 40.7 Å². The smallest absolute Gasteiger partial charge is 0.264 e. The molecule has 1 aliphatic carbocycles. The van der Waals surface area contributed by atoms with Gasteiger partial charge in [-0.3, -0.25) is 4.79 Å². The standard InChI is InChI=1S/C19H19N5O2/c1-23-15-5-4-13(6-17(15)26-10-19(23)25)22-18-7-16-14(8-20-18)21-11-24(16)9-12-2-3-12/h4-8,11-12H,2-3,9-10H2,1H3,(H,20,22). The zero-order chi connectivity index (χ0) is 17.7. The predicted molar refractivity (Wildman–Crippen MR) is 98.9 cm³/mol. The lowest BCUT2D eigenvalue weighted by Crippen LogP contribution is -2.35. The molecule has 1 fully saturated rings. The van der Waals surface area contributed by atoms with Gasteiger partial charge in [-0.05, 0) is 30.9 Å². The molecule has 3 heterocycles. The number of aromatic nitrogens is 3. The third-order valence-corrected chi connectivity index (χ3v) is 4.98. The maximum Gasteiger partial charge on any atom is 0.264 e. The van der Waals surface area contributed by atoms with Gasteiger partial charge in [-0.15, -0.1) is 0 Å². The Labute approximate surface area is 150 Å². The van der Waals surface area contributed by atoms with Crippen LogP contribution in [0.1, 0.15) is 12.8 Å². The molecule has 0 saturated heterocycles. The Hall–Kier alpha value is -3.09. The van der Waals surface area contributed by atoms with E-state index < -0.39 is 0 Å². The fourth-order valence-corrected chi connectivity index (χ4v) is 3.26. The number of likely N-dealkylation sites (N-methyl/N-ethyl adjacent to an activating group) is 1. The molecule has 1 N–H and O–H groups in total. The Balaban J connectivity index is 1.43. The number of ether oxygens (including phenoxy) is 1. The van der Waals surface area contributed by atoms with E-state index in [1.165, 1.54) is 12.8 Å². The highest BCUT2D eigenvalue weighted by Crippen LogP contribution is 2.35. The molecule has 0 spiro atoms. The second-order valence-electron chi connectivity index (χ2n) is 6.95. The molecular formula is C19H19N5O2. The summed E-state index contributed by atoms with van der Waals surface area (Å²) in [6.45, 7) is 1.09. The molecule has 1 aromatic carbocycles. The quantitative estimate of drug-likeness (QED) is 0.784. The number of imidazole rings is 1. The summed E-state index contributed by atoms with van der Waals surface area (Å²) in [5.74, 6) is 2.19. The molecule has 7 nitrogen and oxygen atoms in total. The van der Waals surface area contributed by atoms with Crippen molar-refractivity contribution in [2.24, 2.45) is 5.92 Å². The monoisotopic (exact) mass is 349 g/mol. The number of benzene rings is 1. The molecule has 7 heteroatoms. The van der Waals surface area contributed by atoms with Gasteiger partial charge in [0.05, 0.1) is 23.7 Å². The number of hydrogen-bond donors (Lipinski definition) is 1. The summed E-state index contributed by atoms with van der Waals surface area (Å²) in [5, 5.41) is 3.32. The predicted octanol–water partition coefficient (Wildman–Crippen LogP) is 2.94. The summed E-state index contributed by atoms with van der Waals surface area (Å²) >= 11 is 0. The van der Waals surface area contributed by atoms with Gasteiger partial charge >= 0.3 is 0 Å². The number of carbonyl (C=O) groups is 1. The van der Waals surface area contributed by atoms with Crippen LogP contribution in [-0.4, -0.2) is 34.1 Å². The van der Waals surface area contributed by atoms with Crippen molar-refractivity contribution in [1.29, 1.82) is 0 Å². The fourth-order valence-electron chi connectivity index (χ4n) is 3.26. The highest BCUT2D eigenvalue weighted by Gasteiger charge is 2.23. The van der Waals surface area contributed by atoms with Crippen molar-refractivity contribution in [3.63, 3.8) is 0 Å². The average molecular weight is 349 g/mol. The topological polar surface area (TPSA) is 72.3 Å². The Kier molecular flexibility index (Phi) is 3.34. The Bertz CT molecular complexity index is 1010. The number of pyridine rings is 1. The summed E-state index contributed by atoms with van der Waals surface area (Å²) in [6.07, 6.45) is 6.31. The van der Waals surface area contributed by atoms with Gasteiger partial charge in [-0.25, -0.2) is 9.97 Å². The molecule has 0 atom stereocenters. The maximum absolute atomic E-state index is 11.7. The van der Waals surface area contributed by atoms with Gasteiger partial charge in [-0.1, -0.05) is 0 Å². The fraction of sp³-hybridized carbons (Fsp3) is 0.316. The highest BCUT2D eigenvalue weighted by molar-refractivity contribution is 5.97. The van der Waals surface area contributed by atoms with Crippen molar-refractivity contribution < 1.29 is 9.53 Å². The first-order chi connectivity index (χ1) is 12.7. The van der Waals surface area contributed by atoms with Crippen LogP contribution >= 0.6 is 0 Å². The number of fused-ring (bicyclic) bond motifs is 2. The van der Waals surface area contributed by atoms with Gasteiger partial charge in [0.15, 0.2) is 6.61 Å². The van der Waals surface area contributed by atoms with Crippen LogP contribution in [-0.2, 0) is 11.3 Å². The van der Waals surface area contributed by atoms with E-state index in [1.807, 2.05) is 30.6 Å². The van der Waals surface area contributed by atoms with Crippen LogP contribution in [0.15, 0.2) is 36.8 Å². The van der Waals surface area contributed by atoms with E-state index in [9.17, 15) is 4.79 Å². The molecule has 0 bridgehead atoms. The molecule has 1 amide bonds. The zero-order valence-corrected chi connectivity index (χ0v) is 14.5. The van der Waals surface area contributed by atoms with Crippen LogP contribution in [0, 0.1) is 5.92 Å². The normalized spacial score (nSPS) is 16.5. The summed E-state index contributed by atoms with van der Waals surface area (Å²) in [4.78, 5) is 22.2. The van der Waals surface area contributed by atoms with Gasteiger partial charge in [-0.2, -0.15) is 0 Å². The molecule has 1 saturated carbocycles. The van der Waals surface area contributed by atoms with Crippen LogP contribution in [0.25, 0.3) is 11.0 Å². The minimum absolute atomic E-state index is 0.0470. The third kappa shape index (κ3) is 2.65. The lowest BCUT2D eigenvalue weighted by atomic mass is 10.2. The molecule has 26 heavy (non-hydrogen) atoms. The molecule has 2 aromatic heterocycles. The summed E-state index contributed by atoms with van der Waals surface area (Å²) in [6, 6.07) is 7.72. The first-order valence-corrected chi connectivity index (χ1v) is 8.79. The number of anilines is 3. The number of nitrogens with zero attached hydrogens (tertiary/aromatic N) is 4. The minimum Gasteiger partial charge on any atom is -0.481 e. The Morgan fingerprint density at radius 3 is 3.00 bits per heavy atom. The average Bonchev–Trinajstić information content (AvgIpc) is 3.38. The summed E-state index contributed by atoms with van der Waals surface area (Å²) in [5.41, 5.74) is 3.64. The molecule has 132 valence electrons. The van der Waals surface area contributed by atoms with Crippen LogP contribution in [0.5, 0.6) is 5.75 Å². The number of nitrogens with one attached hydrogen (secondary N) is 1. The molecule has 2 aliphatic rings. The Morgan fingerprint density at radius 2 is 2.15 bits per heavy atom. The molecule has 0 radical (unpaired) electrons. The first kappa shape index (κ1) is 15.2. The lowest BCUT2D eigenvalue weighted by Gasteiger charge is -2.26. The molecular weight excluding hydrogens is 330 g/mol. The van der Waals surface area contributed by atoms with E-state index in [2.05, 4.69) is 19.9 Å². The first-order valence-electron chi connectivity index (χ1n) is 8.79. The number of rotatable bonds is 4. The van der Waals surface area contributed by atoms with Gasteiger partial charge in [0.2, 0.25) is 0 Å². The van der Waals surface area contributed by atoms with Crippen LogP contribution in [0.2, 0.25) is 0 Å². The molecule has 0 unspecified atom stereocenters. The van der Waals surface area contributed by atoms with E-state index >= 15 is 0 Å². The van der Waals surface area contributed by atoms with Crippen LogP contribution < -0.4 is 15.0 Å². The van der Waals surface area contributed by atoms with Crippen molar-refractivity contribution >= 4 is 34.1 Å². The lowest BCUT2D eigenvalue weighted by molar-refractivity contribution is -0.120. The van der Waals surface area contributed by atoms with E-state index in [4.69, 9.17) is 4.74 Å². The van der Waals surface area contributed by atoms with Gasteiger partial charge < -0.3 is 19.5 Å². The summed E-state index contributed by atoms with van der Waals surface area (Å²) < 4.78 is 7.75. The van der Waals surface area contributed by atoms with Crippen molar-refractivity contribution in [2.75, 3.05) is 23.9 Å². The van der Waals surface area contributed by atoms with Crippen LogP contribution in [0.3, 0.4) is 0 Å². The second kappa shape index (κ2) is 5.72. The van der Waals surface area contributed by atoms with E-state index in [-0.39, 0.29) is 12.5 Å². The van der Waals surface area contributed by atoms with Gasteiger partial charge in [0.1, 0.15) is 17.1 Å². The molecule has 1 aliphatic heterocycles. The van der Waals surface area contributed by atoms with Crippen molar-refractivity contribution in [3.05, 3.63) is 36.8 Å². The minimum atomic E-state index is -0.0470. The molecule has 5 rings (SSSR count). The van der Waals surface area contributed by atoms with Gasteiger partial charge in [0.25, 0.3) is 5.91 Å². The van der Waals surface area contributed by atoms with Crippen LogP contribution in [0.4, 0.5) is 17.2 Å². The highest BCUT2D eigenvalue weighted by atomic mass is 16.5. The van der Waals surface area contributed by atoms with Crippen molar-refractivity contribution in [1.82, 2.24) is 14.5 Å². The second-order valence-corrected chi connectivity index (χ2v) is 6.95. The van der Waals surface area contributed by atoms with Gasteiger partial charge in [0, 0.05) is 31.4 Å². The Morgan fingerprint density at radius 1 is 1.27 bits per heavy atom. The zero-order valence-electron chi connectivity index (χ0n) is 14.5. The summed E-state index contributed by atoms with van der Waals surface area (Å²) in [7, 11) is 1.76. The van der Waals surface area contributed by atoms with Crippen molar-refractivity contribution in [3.8, 4) is 5.75 Å².